The van der Waals surface area contributed by atoms with Crippen molar-refractivity contribution < 1.29 is 9.21 Å². The van der Waals surface area contributed by atoms with E-state index >= 15 is 0 Å². The number of carbonyl (C=O) groups excluding carboxylic acids is 1. The summed E-state index contributed by atoms with van der Waals surface area (Å²) >= 11 is 0. The van der Waals surface area contributed by atoms with Gasteiger partial charge in [-0.1, -0.05) is 30.3 Å². The fourth-order valence-electron chi connectivity index (χ4n) is 1.98. The SMILES string of the molecule is O=C(c1ccccc1)c1ccc2occc(=O)c2c1. The third kappa shape index (κ3) is 2.06. The van der Waals surface area contributed by atoms with Gasteiger partial charge < -0.3 is 4.42 Å². The highest BCUT2D eigenvalue weighted by molar-refractivity contribution is 6.10. The first kappa shape index (κ1) is 11.4. The zero-order valence-electron chi connectivity index (χ0n) is 10.00. The van der Waals surface area contributed by atoms with Gasteiger partial charge in [-0.25, -0.2) is 0 Å². The molecule has 0 spiro atoms. The fourth-order valence-corrected chi connectivity index (χ4v) is 1.98. The van der Waals surface area contributed by atoms with Gasteiger partial charge in [0.2, 0.25) is 0 Å². The molecule has 92 valence electrons. The van der Waals surface area contributed by atoms with Crippen LogP contribution in [0.25, 0.3) is 11.0 Å². The maximum atomic E-state index is 12.3. The maximum absolute atomic E-state index is 12.3. The van der Waals surface area contributed by atoms with Crippen molar-refractivity contribution in [2.24, 2.45) is 0 Å². The summed E-state index contributed by atoms with van der Waals surface area (Å²) in [4.78, 5) is 24.0. The van der Waals surface area contributed by atoms with Crippen LogP contribution < -0.4 is 5.43 Å². The van der Waals surface area contributed by atoms with E-state index < -0.39 is 0 Å². The van der Waals surface area contributed by atoms with Gasteiger partial charge in [-0.3, -0.25) is 9.59 Å². The Kier molecular flexibility index (Phi) is 2.72. The van der Waals surface area contributed by atoms with Crippen molar-refractivity contribution in [3.63, 3.8) is 0 Å². The smallest absolute Gasteiger partial charge is 0.193 e. The van der Waals surface area contributed by atoms with Gasteiger partial charge in [0.1, 0.15) is 5.58 Å². The molecular weight excluding hydrogens is 240 g/mol. The molecule has 3 rings (SSSR count). The van der Waals surface area contributed by atoms with E-state index in [9.17, 15) is 9.59 Å². The molecule has 0 saturated heterocycles. The Bertz CT molecular complexity index is 801. The lowest BCUT2D eigenvalue weighted by Gasteiger charge is -2.02. The van der Waals surface area contributed by atoms with E-state index in [1.165, 1.54) is 12.3 Å². The number of hydrogen-bond acceptors (Lipinski definition) is 3. The Hall–Kier alpha value is -2.68. The van der Waals surface area contributed by atoms with E-state index in [1.807, 2.05) is 18.2 Å². The average molecular weight is 250 g/mol. The van der Waals surface area contributed by atoms with Gasteiger partial charge >= 0.3 is 0 Å². The highest BCUT2D eigenvalue weighted by Crippen LogP contribution is 2.15. The lowest BCUT2D eigenvalue weighted by atomic mass is 10.0. The zero-order chi connectivity index (χ0) is 13.2. The molecule has 0 amide bonds. The van der Waals surface area contributed by atoms with Crippen molar-refractivity contribution in [3.8, 4) is 0 Å². The van der Waals surface area contributed by atoms with Crippen molar-refractivity contribution in [1.82, 2.24) is 0 Å². The monoisotopic (exact) mass is 250 g/mol. The summed E-state index contributed by atoms with van der Waals surface area (Å²) in [5.41, 5.74) is 1.42. The summed E-state index contributed by atoms with van der Waals surface area (Å²) in [6, 6.07) is 15.2. The van der Waals surface area contributed by atoms with E-state index in [4.69, 9.17) is 4.42 Å². The van der Waals surface area contributed by atoms with Crippen LogP contribution in [0.4, 0.5) is 0 Å². The first-order chi connectivity index (χ1) is 9.25. The lowest BCUT2D eigenvalue weighted by Crippen LogP contribution is -2.04. The van der Waals surface area contributed by atoms with Crippen molar-refractivity contribution in [3.05, 3.63) is 82.2 Å². The molecule has 3 nitrogen and oxygen atoms in total. The highest BCUT2D eigenvalue weighted by Gasteiger charge is 2.10. The molecule has 0 unspecified atom stereocenters. The quantitative estimate of drug-likeness (QED) is 0.657. The fraction of sp³-hybridized carbons (Fsp3) is 0. The van der Waals surface area contributed by atoms with Crippen LogP contribution in [0.5, 0.6) is 0 Å². The van der Waals surface area contributed by atoms with E-state index in [0.29, 0.717) is 22.1 Å². The third-order valence-electron chi connectivity index (χ3n) is 2.96. The Morgan fingerprint density at radius 2 is 1.68 bits per heavy atom. The minimum absolute atomic E-state index is 0.106. The average Bonchev–Trinajstić information content (AvgIpc) is 2.47. The van der Waals surface area contributed by atoms with Crippen LogP contribution in [0.15, 0.2) is 70.1 Å². The third-order valence-corrected chi connectivity index (χ3v) is 2.96. The molecule has 0 aliphatic heterocycles. The molecule has 3 heteroatoms. The molecule has 0 aliphatic carbocycles. The molecule has 0 bridgehead atoms. The van der Waals surface area contributed by atoms with Crippen LogP contribution in [-0.2, 0) is 0 Å². The van der Waals surface area contributed by atoms with Crippen LogP contribution >= 0.6 is 0 Å². The Balaban J connectivity index is 2.14. The number of rotatable bonds is 2. The second kappa shape index (κ2) is 4.53. The molecule has 3 aromatic rings. The first-order valence-corrected chi connectivity index (χ1v) is 5.87. The van der Waals surface area contributed by atoms with Crippen molar-refractivity contribution >= 4 is 16.8 Å². The van der Waals surface area contributed by atoms with E-state index in [2.05, 4.69) is 0 Å². The minimum atomic E-state index is -0.149. The molecule has 0 aliphatic rings. The van der Waals surface area contributed by atoms with Gasteiger partial charge in [-0.05, 0) is 18.2 Å². The standard InChI is InChI=1S/C16H10O3/c17-14-8-9-19-15-7-6-12(10-13(14)15)16(18)11-4-2-1-3-5-11/h1-10H. The summed E-state index contributed by atoms with van der Waals surface area (Å²) in [5.74, 6) is -0.106. The molecule has 0 radical (unpaired) electrons. The largest absolute Gasteiger partial charge is 0.464 e. The molecule has 1 heterocycles. The Morgan fingerprint density at radius 1 is 0.895 bits per heavy atom. The number of carbonyl (C=O) groups is 1. The number of hydrogen-bond donors (Lipinski definition) is 0. The molecule has 19 heavy (non-hydrogen) atoms. The van der Waals surface area contributed by atoms with Crippen molar-refractivity contribution in [1.29, 1.82) is 0 Å². The van der Waals surface area contributed by atoms with E-state index in [-0.39, 0.29) is 11.2 Å². The molecule has 0 saturated carbocycles. The molecule has 0 atom stereocenters. The van der Waals surface area contributed by atoms with Crippen LogP contribution in [0, 0.1) is 0 Å². The summed E-state index contributed by atoms with van der Waals surface area (Å²) in [6.45, 7) is 0. The van der Waals surface area contributed by atoms with E-state index in [0.717, 1.165) is 0 Å². The molecule has 0 fully saturated rings. The predicted octanol–water partition coefficient (Wildman–Crippen LogP) is 3.02. The van der Waals surface area contributed by atoms with Crippen LogP contribution in [0.3, 0.4) is 0 Å². The van der Waals surface area contributed by atoms with Gasteiger partial charge in [0, 0.05) is 17.2 Å². The minimum Gasteiger partial charge on any atom is -0.464 e. The lowest BCUT2D eigenvalue weighted by molar-refractivity contribution is 0.103. The topological polar surface area (TPSA) is 47.3 Å². The van der Waals surface area contributed by atoms with Crippen LogP contribution in [-0.4, -0.2) is 5.78 Å². The number of benzene rings is 2. The Morgan fingerprint density at radius 3 is 2.47 bits per heavy atom. The summed E-state index contributed by atoms with van der Waals surface area (Å²) < 4.78 is 5.22. The first-order valence-electron chi connectivity index (χ1n) is 5.87. The highest BCUT2D eigenvalue weighted by atomic mass is 16.3. The van der Waals surface area contributed by atoms with E-state index in [1.54, 1.807) is 30.3 Å². The van der Waals surface area contributed by atoms with Crippen LogP contribution in [0.2, 0.25) is 0 Å². The van der Waals surface area contributed by atoms with Gasteiger partial charge in [-0.2, -0.15) is 0 Å². The summed E-state index contributed by atoms with van der Waals surface area (Å²) in [7, 11) is 0. The second-order valence-electron chi connectivity index (χ2n) is 4.19. The Labute approximate surface area is 109 Å². The number of fused-ring (bicyclic) bond motifs is 1. The van der Waals surface area contributed by atoms with Gasteiger partial charge in [0.25, 0.3) is 0 Å². The summed E-state index contributed by atoms with van der Waals surface area (Å²) in [6.07, 6.45) is 1.35. The van der Waals surface area contributed by atoms with Gasteiger partial charge in [0.15, 0.2) is 11.2 Å². The molecule has 0 N–H and O–H groups in total. The molecule has 1 aromatic heterocycles. The zero-order valence-corrected chi connectivity index (χ0v) is 10.00. The number of ketones is 1. The normalized spacial score (nSPS) is 10.5. The molecular formula is C16H10O3. The van der Waals surface area contributed by atoms with Gasteiger partial charge in [-0.15, -0.1) is 0 Å². The predicted molar refractivity (Wildman–Crippen MR) is 72.4 cm³/mol. The molecule has 2 aromatic carbocycles. The summed E-state index contributed by atoms with van der Waals surface area (Å²) in [5, 5.41) is 0.421. The van der Waals surface area contributed by atoms with Crippen molar-refractivity contribution in [2.75, 3.05) is 0 Å². The van der Waals surface area contributed by atoms with Crippen molar-refractivity contribution in [2.45, 2.75) is 0 Å². The maximum Gasteiger partial charge on any atom is 0.193 e. The second-order valence-corrected chi connectivity index (χ2v) is 4.19. The van der Waals surface area contributed by atoms with Gasteiger partial charge in [0.05, 0.1) is 11.6 Å². The van der Waals surface area contributed by atoms with Crippen LogP contribution in [0.1, 0.15) is 15.9 Å².